The first kappa shape index (κ1) is 13.7. The molecule has 0 aliphatic rings. The maximum atomic E-state index is 10.9. The Bertz CT molecular complexity index is 354. The van der Waals surface area contributed by atoms with Gasteiger partial charge in [-0.1, -0.05) is 32.6 Å². The normalized spacial score (nSPS) is 10.0. The predicted octanol–water partition coefficient (Wildman–Crippen LogP) is 2.99. The van der Waals surface area contributed by atoms with Crippen molar-refractivity contribution >= 4 is 24.5 Å². The molecule has 2 amide bonds. The Kier molecular flexibility index (Phi) is 5.69. The minimum absolute atomic E-state index is 0.607. The summed E-state index contributed by atoms with van der Waals surface area (Å²) in [5, 5.41) is 0. The van der Waals surface area contributed by atoms with Crippen molar-refractivity contribution in [2.75, 3.05) is 10.9 Å². The first-order chi connectivity index (χ1) is 8.15. The van der Waals surface area contributed by atoms with E-state index in [9.17, 15) is 4.79 Å². The topological polar surface area (TPSA) is 55.6 Å². The van der Waals surface area contributed by atoms with Gasteiger partial charge in [0.15, 0.2) is 0 Å². The number of carbonyl (C=O) groups excluding carboxylic acids is 1. The lowest BCUT2D eigenvalue weighted by Crippen LogP contribution is -2.27. The Labute approximate surface area is 107 Å². The zero-order valence-electron chi connectivity index (χ0n) is 9.93. The van der Waals surface area contributed by atoms with Crippen LogP contribution in [-0.4, -0.2) is 12.6 Å². The van der Waals surface area contributed by atoms with E-state index in [1.165, 1.54) is 12.8 Å². The number of carbonyl (C=O) groups is 1. The molecule has 1 aromatic rings. The molecule has 0 heterocycles. The smallest absolute Gasteiger partial charge is 0.329 e. The van der Waals surface area contributed by atoms with E-state index in [1.54, 1.807) is 24.3 Å². The van der Waals surface area contributed by atoms with E-state index < -0.39 is 6.03 Å². The van der Waals surface area contributed by atoms with Crippen molar-refractivity contribution < 1.29 is 9.53 Å². The summed E-state index contributed by atoms with van der Waals surface area (Å²) < 4.78 is 6.63. The average Bonchev–Trinajstić information content (AvgIpc) is 2.34. The van der Waals surface area contributed by atoms with Crippen molar-refractivity contribution in [3.8, 4) is 5.75 Å². The van der Waals surface area contributed by atoms with E-state index in [0.29, 0.717) is 12.3 Å². The number of benzene rings is 1. The fraction of sp³-hybridized carbons (Fsp3) is 0.417. The second-order valence-corrected chi connectivity index (χ2v) is 4.10. The highest BCUT2D eigenvalue weighted by Crippen LogP contribution is 2.20. The van der Waals surface area contributed by atoms with Gasteiger partial charge in [-0.05, 0) is 30.7 Å². The number of urea groups is 1. The van der Waals surface area contributed by atoms with Gasteiger partial charge in [-0.15, -0.1) is 0 Å². The van der Waals surface area contributed by atoms with Gasteiger partial charge >= 0.3 is 6.03 Å². The van der Waals surface area contributed by atoms with Gasteiger partial charge in [0.05, 0.1) is 12.3 Å². The fourth-order valence-electron chi connectivity index (χ4n) is 1.35. The van der Waals surface area contributed by atoms with Crippen molar-refractivity contribution in [2.45, 2.75) is 26.2 Å². The molecular weight excluding hydrogens is 236 g/mol. The van der Waals surface area contributed by atoms with Gasteiger partial charge in [-0.25, -0.2) is 9.10 Å². The van der Waals surface area contributed by atoms with Gasteiger partial charge in [0.2, 0.25) is 0 Å². The van der Waals surface area contributed by atoms with Crippen LogP contribution in [0.15, 0.2) is 24.3 Å². The van der Waals surface area contributed by atoms with Crippen LogP contribution in [-0.2, 0) is 0 Å². The fourth-order valence-corrected chi connectivity index (χ4v) is 1.49. The molecule has 0 saturated carbocycles. The summed E-state index contributed by atoms with van der Waals surface area (Å²) in [6.45, 7) is 2.87. The van der Waals surface area contributed by atoms with E-state index in [4.69, 9.17) is 10.5 Å². The highest BCUT2D eigenvalue weighted by atomic mass is 32.1. The molecule has 1 rings (SSSR count). The van der Waals surface area contributed by atoms with Crippen molar-refractivity contribution in [1.82, 2.24) is 0 Å². The van der Waals surface area contributed by atoms with Crippen LogP contribution in [0.4, 0.5) is 10.5 Å². The summed E-state index contributed by atoms with van der Waals surface area (Å²) in [4.78, 5) is 10.9. The van der Waals surface area contributed by atoms with E-state index >= 15 is 0 Å². The van der Waals surface area contributed by atoms with E-state index in [1.807, 2.05) is 0 Å². The monoisotopic (exact) mass is 254 g/mol. The Morgan fingerprint density at radius 1 is 1.35 bits per heavy atom. The number of hydrogen-bond acceptors (Lipinski definition) is 3. The average molecular weight is 254 g/mol. The Morgan fingerprint density at radius 3 is 2.53 bits per heavy atom. The van der Waals surface area contributed by atoms with Crippen LogP contribution in [0.2, 0.25) is 0 Å². The van der Waals surface area contributed by atoms with Crippen LogP contribution in [0.5, 0.6) is 5.75 Å². The lowest BCUT2D eigenvalue weighted by Gasteiger charge is -2.13. The number of primary amides is 1. The van der Waals surface area contributed by atoms with Gasteiger partial charge < -0.3 is 10.5 Å². The van der Waals surface area contributed by atoms with Crippen molar-refractivity contribution in [1.29, 1.82) is 0 Å². The zero-order valence-corrected chi connectivity index (χ0v) is 10.8. The maximum absolute atomic E-state index is 10.9. The molecule has 0 spiro atoms. The van der Waals surface area contributed by atoms with Crippen LogP contribution in [0.25, 0.3) is 0 Å². The lowest BCUT2D eigenvalue weighted by molar-refractivity contribution is 0.257. The molecule has 0 fully saturated rings. The molecule has 0 radical (unpaired) electrons. The Balaban J connectivity index is 2.47. The van der Waals surface area contributed by atoms with E-state index in [2.05, 4.69) is 19.7 Å². The van der Waals surface area contributed by atoms with Crippen LogP contribution >= 0.6 is 12.8 Å². The van der Waals surface area contributed by atoms with Crippen LogP contribution in [0.1, 0.15) is 26.2 Å². The second-order valence-electron chi connectivity index (χ2n) is 3.70. The zero-order chi connectivity index (χ0) is 12.7. The molecule has 0 aromatic heterocycles. The molecule has 94 valence electrons. The molecule has 0 saturated heterocycles. The molecule has 17 heavy (non-hydrogen) atoms. The number of rotatable bonds is 6. The minimum atomic E-state index is -0.607. The quantitative estimate of drug-likeness (QED) is 0.605. The third-order valence-electron chi connectivity index (χ3n) is 2.31. The number of nitrogens with two attached hydrogens (primary N) is 1. The number of anilines is 1. The van der Waals surface area contributed by atoms with E-state index in [-0.39, 0.29) is 0 Å². The SMILES string of the molecule is CCCCCOc1ccc(N(S)C(N)=O)cc1. The molecule has 4 nitrogen and oxygen atoms in total. The van der Waals surface area contributed by atoms with Gasteiger partial charge in [0.25, 0.3) is 0 Å². The van der Waals surface area contributed by atoms with Gasteiger partial charge in [-0.2, -0.15) is 0 Å². The number of amides is 2. The Hall–Kier alpha value is -1.36. The molecule has 0 bridgehead atoms. The summed E-state index contributed by atoms with van der Waals surface area (Å²) in [5.74, 6) is 0.788. The van der Waals surface area contributed by atoms with Crippen LogP contribution in [0.3, 0.4) is 0 Å². The minimum Gasteiger partial charge on any atom is -0.494 e. The summed E-state index contributed by atoms with van der Waals surface area (Å²) in [6.07, 6.45) is 3.40. The molecule has 2 N–H and O–H groups in total. The molecule has 0 atom stereocenters. The molecular formula is C12H18N2O2S. The third-order valence-corrected chi connectivity index (χ3v) is 2.73. The Morgan fingerprint density at radius 2 is 2.00 bits per heavy atom. The third kappa shape index (κ3) is 4.56. The standard InChI is InChI=1S/C12H18N2O2S/c1-2-3-4-9-16-11-7-5-10(6-8-11)14(17)12(13)15/h5-8,17H,2-4,9H2,1H3,(H2,13,15). The van der Waals surface area contributed by atoms with E-state index in [0.717, 1.165) is 16.5 Å². The maximum Gasteiger partial charge on any atom is 0.329 e. The second kappa shape index (κ2) is 7.06. The highest BCUT2D eigenvalue weighted by molar-refractivity contribution is 7.82. The molecule has 0 unspecified atom stereocenters. The summed E-state index contributed by atoms with van der Waals surface area (Å²) in [6, 6.07) is 6.48. The van der Waals surface area contributed by atoms with Crippen molar-refractivity contribution in [2.24, 2.45) is 5.73 Å². The highest BCUT2D eigenvalue weighted by Gasteiger charge is 2.06. The van der Waals surface area contributed by atoms with Gasteiger partial charge in [-0.3, -0.25) is 0 Å². The number of ether oxygens (including phenoxy) is 1. The molecule has 5 heteroatoms. The first-order valence-corrected chi connectivity index (χ1v) is 6.06. The van der Waals surface area contributed by atoms with Crippen molar-refractivity contribution in [3.05, 3.63) is 24.3 Å². The summed E-state index contributed by atoms with van der Waals surface area (Å²) in [5.41, 5.74) is 5.73. The number of unbranched alkanes of at least 4 members (excludes halogenated alkanes) is 2. The number of thiol groups is 1. The molecule has 0 aliphatic carbocycles. The number of hydrogen-bond donors (Lipinski definition) is 2. The lowest BCUT2D eigenvalue weighted by atomic mass is 10.2. The summed E-state index contributed by atoms with van der Waals surface area (Å²) >= 11 is 3.96. The predicted molar refractivity (Wildman–Crippen MR) is 72.5 cm³/mol. The summed E-state index contributed by atoms with van der Waals surface area (Å²) in [7, 11) is 0. The molecule has 0 aliphatic heterocycles. The van der Waals surface area contributed by atoms with Crippen LogP contribution < -0.4 is 14.8 Å². The largest absolute Gasteiger partial charge is 0.494 e. The first-order valence-electron chi connectivity index (χ1n) is 5.66. The van der Waals surface area contributed by atoms with Crippen LogP contribution in [0, 0.1) is 0 Å². The van der Waals surface area contributed by atoms with Gasteiger partial charge in [0, 0.05) is 0 Å². The van der Waals surface area contributed by atoms with Crippen molar-refractivity contribution in [3.63, 3.8) is 0 Å². The molecule has 1 aromatic carbocycles. The number of nitrogens with zero attached hydrogens (tertiary/aromatic N) is 1. The van der Waals surface area contributed by atoms with Gasteiger partial charge in [0.1, 0.15) is 5.75 Å².